The molecule has 0 saturated heterocycles. The van der Waals surface area contributed by atoms with Crippen LogP contribution >= 0.6 is 0 Å². The zero-order chi connectivity index (χ0) is 11.4. The van der Waals surface area contributed by atoms with Crippen LogP contribution in [0.15, 0.2) is 6.07 Å². The van der Waals surface area contributed by atoms with Crippen molar-refractivity contribution in [2.75, 3.05) is 0 Å². The van der Waals surface area contributed by atoms with E-state index in [-0.39, 0.29) is 17.7 Å². The normalized spacial score (nSPS) is 9.73. The van der Waals surface area contributed by atoms with Gasteiger partial charge < -0.3 is 0 Å². The van der Waals surface area contributed by atoms with Gasteiger partial charge in [-0.15, -0.1) is 0 Å². The van der Waals surface area contributed by atoms with Crippen LogP contribution in [0, 0.1) is 29.6 Å². The number of aromatic nitrogens is 1. The second kappa shape index (κ2) is 4.47. The van der Waals surface area contributed by atoms with E-state index in [2.05, 4.69) is 4.98 Å². The van der Waals surface area contributed by atoms with Crippen LogP contribution in [0.4, 0.5) is 8.78 Å². The molecule has 1 aromatic rings. The third kappa shape index (κ3) is 2.26. The molecule has 0 aliphatic heterocycles. The van der Waals surface area contributed by atoms with E-state index in [1.807, 2.05) is 0 Å². The molecule has 1 rings (SSSR count). The summed E-state index contributed by atoms with van der Waals surface area (Å²) >= 11 is 0. The van der Waals surface area contributed by atoms with Crippen molar-refractivity contribution in [1.82, 2.24) is 4.98 Å². The zero-order valence-electron chi connectivity index (χ0n) is 7.96. The molecule has 0 radical (unpaired) electrons. The van der Waals surface area contributed by atoms with E-state index >= 15 is 0 Å². The first-order valence-electron chi connectivity index (χ1n) is 4.15. The van der Waals surface area contributed by atoms with E-state index in [0.29, 0.717) is 5.69 Å². The molecule has 0 fully saturated rings. The minimum atomic E-state index is -2.78. The fourth-order valence-corrected chi connectivity index (χ4v) is 1.29. The number of hydrogen-bond donors (Lipinski definition) is 0. The van der Waals surface area contributed by atoms with Crippen LogP contribution < -0.4 is 0 Å². The molecule has 0 N–H and O–H groups in total. The Balaban J connectivity index is 3.43. The van der Waals surface area contributed by atoms with Crippen LogP contribution in [-0.2, 0) is 6.42 Å². The van der Waals surface area contributed by atoms with Gasteiger partial charge in [-0.2, -0.15) is 10.5 Å². The maximum absolute atomic E-state index is 12.6. The summed E-state index contributed by atoms with van der Waals surface area (Å²) in [4.78, 5) is 3.84. The molecule has 0 aromatic carbocycles. The summed E-state index contributed by atoms with van der Waals surface area (Å²) in [6, 6.07) is 4.73. The first kappa shape index (κ1) is 11.1. The third-order valence-electron chi connectivity index (χ3n) is 1.85. The maximum Gasteiger partial charge on any atom is 0.266 e. The summed E-state index contributed by atoms with van der Waals surface area (Å²) in [7, 11) is 0. The number of halogens is 2. The summed E-state index contributed by atoms with van der Waals surface area (Å²) in [5.41, 5.74) is -0.0855. The van der Waals surface area contributed by atoms with E-state index in [0.717, 1.165) is 0 Å². The second-order valence-electron chi connectivity index (χ2n) is 2.92. The quantitative estimate of drug-likeness (QED) is 0.747. The van der Waals surface area contributed by atoms with Gasteiger partial charge in [-0.05, 0) is 13.0 Å². The minimum Gasteiger partial charge on any atom is -0.256 e. The fourth-order valence-electron chi connectivity index (χ4n) is 1.29. The predicted octanol–water partition coefficient (Wildman–Crippen LogP) is 2.27. The van der Waals surface area contributed by atoms with Crippen LogP contribution in [0.3, 0.4) is 0 Å². The molecule has 0 aliphatic carbocycles. The van der Waals surface area contributed by atoms with Crippen molar-refractivity contribution < 1.29 is 8.78 Å². The molecular weight excluding hydrogens is 200 g/mol. The van der Waals surface area contributed by atoms with Gasteiger partial charge in [0.1, 0.15) is 0 Å². The van der Waals surface area contributed by atoms with E-state index < -0.39 is 12.0 Å². The van der Waals surface area contributed by atoms with Gasteiger partial charge in [-0.3, -0.25) is 4.98 Å². The Hall–Kier alpha value is -2.01. The SMILES string of the molecule is Cc1cc(C#N)c(C(F)F)c(CC#N)n1. The number of alkyl halides is 2. The van der Waals surface area contributed by atoms with Crippen molar-refractivity contribution in [3.8, 4) is 12.1 Å². The molecular formula is C10H7F2N3. The average molecular weight is 207 g/mol. The maximum atomic E-state index is 12.6. The van der Waals surface area contributed by atoms with Crippen molar-refractivity contribution in [3.05, 3.63) is 28.6 Å². The number of hydrogen-bond acceptors (Lipinski definition) is 3. The molecule has 0 amide bonds. The standard InChI is InChI=1S/C10H7F2N3/c1-6-4-7(5-14)9(10(11)12)8(15-6)2-3-13/h4,10H,2H2,1H3. The highest BCUT2D eigenvalue weighted by atomic mass is 19.3. The summed E-state index contributed by atoms with van der Waals surface area (Å²) in [6.45, 7) is 1.59. The smallest absolute Gasteiger partial charge is 0.256 e. The van der Waals surface area contributed by atoms with Crippen molar-refractivity contribution >= 4 is 0 Å². The van der Waals surface area contributed by atoms with E-state index in [4.69, 9.17) is 10.5 Å². The van der Waals surface area contributed by atoms with Crippen molar-refractivity contribution in [1.29, 1.82) is 10.5 Å². The molecule has 0 saturated carbocycles. The van der Waals surface area contributed by atoms with E-state index in [9.17, 15) is 8.78 Å². The van der Waals surface area contributed by atoms with Gasteiger partial charge in [0.05, 0.1) is 35.4 Å². The molecule has 0 spiro atoms. The van der Waals surface area contributed by atoms with Gasteiger partial charge in [-0.25, -0.2) is 8.78 Å². The highest BCUT2D eigenvalue weighted by molar-refractivity contribution is 5.42. The van der Waals surface area contributed by atoms with Crippen LogP contribution in [0.25, 0.3) is 0 Å². The molecule has 76 valence electrons. The number of aryl methyl sites for hydroxylation is 1. The number of nitrogens with zero attached hydrogens (tertiary/aromatic N) is 3. The highest BCUT2D eigenvalue weighted by Gasteiger charge is 2.19. The van der Waals surface area contributed by atoms with Gasteiger partial charge in [0.2, 0.25) is 0 Å². The van der Waals surface area contributed by atoms with Crippen LogP contribution in [0.1, 0.15) is 28.9 Å². The topological polar surface area (TPSA) is 60.5 Å². The molecule has 5 heteroatoms. The predicted molar refractivity (Wildman–Crippen MR) is 48.0 cm³/mol. The van der Waals surface area contributed by atoms with Gasteiger partial charge in [0.15, 0.2) is 0 Å². The third-order valence-corrected chi connectivity index (χ3v) is 1.85. The molecule has 1 heterocycles. The fraction of sp³-hybridized carbons (Fsp3) is 0.300. The first-order chi connectivity index (χ1) is 7.10. The molecule has 3 nitrogen and oxygen atoms in total. The molecule has 0 atom stereocenters. The lowest BCUT2D eigenvalue weighted by atomic mass is 10.0. The Morgan fingerprint density at radius 3 is 2.60 bits per heavy atom. The van der Waals surface area contributed by atoms with Crippen molar-refractivity contribution in [3.63, 3.8) is 0 Å². The Labute approximate surface area is 85.6 Å². The van der Waals surface area contributed by atoms with Crippen LogP contribution in [0.5, 0.6) is 0 Å². The second-order valence-corrected chi connectivity index (χ2v) is 2.92. The molecule has 15 heavy (non-hydrogen) atoms. The highest BCUT2D eigenvalue weighted by Crippen LogP contribution is 2.26. The lowest BCUT2D eigenvalue weighted by Gasteiger charge is -2.08. The lowest BCUT2D eigenvalue weighted by Crippen LogP contribution is -2.03. The summed E-state index contributed by atoms with van der Waals surface area (Å²) in [5, 5.41) is 17.2. The van der Waals surface area contributed by atoms with Gasteiger partial charge in [0, 0.05) is 5.69 Å². The monoisotopic (exact) mass is 207 g/mol. The largest absolute Gasteiger partial charge is 0.266 e. The Morgan fingerprint density at radius 2 is 2.13 bits per heavy atom. The lowest BCUT2D eigenvalue weighted by molar-refractivity contribution is 0.149. The van der Waals surface area contributed by atoms with E-state index in [1.165, 1.54) is 6.07 Å². The minimum absolute atomic E-state index is 0.0101. The summed E-state index contributed by atoms with van der Waals surface area (Å²) in [5.74, 6) is 0. The molecule has 0 bridgehead atoms. The summed E-state index contributed by atoms with van der Waals surface area (Å²) < 4.78 is 25.3. The number of nitriles is 2. The average Bonchev–Trinajstić information content (AvgIpc) is 2.16. The Bertz CT molecular complexity index is 455. The van der Waals surface area contributed by atoms with Crippen molar-refractivity contribution in [2.24, 2.45) is 0 Å². The molecule has 0 unspecified atom stereocenters. The Morgan fingerprint density at radius 1 is 1.47 bits per heavy atom. The van der Waals surface area contributed by atoms with Crippen molar-refractivity contribution in [2.45, 2.75) is 19.8 Å². The van der Waals surface area contributed by atoms with Crippen LogP contribution in [-0.4, -0.2) is 4.98 Å². The number of rotatable bonds is 2. The van der Waals surface area contributed by atoms with Gasteiger partial charge in [0.25, 0.3) is 6.43 Å². The molecule has 0 aliphatic rings. The summed E-state index contributed by atoms with van der Waals surface area (Å²) in [6.07, 6.45) is -2.99. The zero-order valence-corrected chi connectivity index (χ0v) is 7.96. The Kier molecular flexibility index (Phi) is 3.30. The first-order valence-corrected chi connectivity index (χ1v) is 4.15. The van der Waals surface area contributed by atoms with Crippen LogP contribution in [0.2, 0.25) is 0 Å². The van der Waals surface area contributed by atoms with Gasteiger partial charge in [-0.1, -0.05) is 0 Å². The van der Waals surface area contributed by atoms with E-state index in [1.54, 1.807) is 19.1 Å². The molecule has 1 aromatic heterocycles. The van der Waals surface area contributed by atoms with Gasteiger partial charge >= 0.3 is 0 Å². The number of pyridine rings is 1.